The molecule has 0 saturated carbocycles. The number of hydrogen-bond acceptors (Lipinski definition) is 5. The molecule has 1 fully saturated rings. The third kappa shape index (κ3) is 13.0. The maximum Gasteiger partial charge on any atom is 0.313 e. The monoisotopic (exact) mass is 496 g/mol. The predicted octanol–water partition coefficient (Wildman–Crippen LogP) is 7.15. The van der Waals surface area contributed by atoms with Crippen molar-refractivity contribution in [1.29, 1.82) is 0 Å². The van der Waals surface area contributed by atoms with E-state index in [-0.39, 0.29) is 35.2 Å². The van der Waals surface area contributed by atoms with Gasteiger partial charge in [0.05, 0.1) is 18.1 Å². The van der Waals surface area contributed by atoms with Crippen LogP contribution in [-0.4, -0.2) is 44.0 Å². The number of allylic oxidation sites excluding steroid dienone is 2. The molecule has 0 radical (unpaired) electrons. The van der Waals surface area contributed by atoms with Crippen molar-refractivity contribution in [2.75, 3.05) is 0 Å². The maximum absolute atomic E-state index is 11.4. The Hall–Kier alpha value is -1.24. The van der Waals surface area contributed by atoms with Crippen molar-refractivity contribution in [2.45, 2.75) is 135 Å². The van der Waals surface area contributed by atoms with Crippen LogP contribution in [0.3, 0.4) is 0 Å². The summed E-state index contributed by atoms with van der Waals surface area (Å²) in [6.45, 7) is 20.6. The van der Waals surface area contributed by atoms with Crippen molar-refractivity contribution < 1.29 is 23.9 Å². The van der Waals surface area contributed by atoms with Crippen LogP contribution in [0.1, 0.15) is 98.3 Å². The van der Waals surface area contributed by atoms with E-state index in [0.717, 1.165) is 38.4 Å². The highest BCUT2D eigenvalue weighted by Crippen LogP contribution is 2.38. The van der Waals surface area contributed by atoms with Crippen molar-refractivity contribution in [3.63, 3.8) is 0 Å². The Morgan fingerprint density at radius 2 is 1.74 bits per heavy atom. The number of carbonyl (C=O) groups excluding carboxylic acids is 2. The summed E-state index contributed by atoms with van der Waals surface area (Å²) in [6.07, 6.45) is 14.3. The zero-order valence-electron chi connectivity index (χ0n) is 22.8. The van der Waals surface area contributed by atoms with E-state index in [1.807, 2.05) is 6.08 Å². The molecule has 1 aliphatic heterocycles. The number of aldehydes is 1. The van der Waals surface area contributed by atoms with E-state index < -0.39 is 8.32 Å². The van der Waals surface area contributed by atoms with Gasteiger partial charge >= 0.3 is 5.97 Å². The van der Waals surface area contributed by atoms with E-state index in [4.69, 9.17) is 9.16 Å². The van der Waals surface area contributed by atoms with Gasteiger partial charge in [0.25, 0.3) is 0 Å². The molecule has 1 saturated heterocycles. The van der Waals surface area contributed by atoms with Crippen LogP contribution in [0, 0.1) is 5.92 Å². The average molecular weight is 497 g/mol. The number of cyclic esters (lactones) is 1. The van der Waals surface area contributed by atoms with Gasteiger partial charge in [-0.05, 0) is 50.2 Å². The van der Waals surface area contributed by atoms with Crippen molar-refractivity contribution >= 4 is 20.6 Å². The van der Waals surface area contributed by atoms with Gasteiger partial charge in [0.15, 0.2) is 8.32 Å². The van der Waals surface area contributed by atoms with Crippen LogP contribution in [0.15, 0.2) is 25.3 Å². The molecule has 0 aromatic rings. The molecule has 0 aliphatic carbocycles. The van der Waals surface area contributed by atoms with Crippen molar-refractivity contribution in [1.82, 2.24) is 0 Å². The van der Waals surface area contributed by atoms with E-state index >= 15 is 0 Å². The number of esters is 1. The molecule has 198 valence electrons. The Morgan fingerprint density at radius 3 is 2.24 bits per heavy atom. The van der Waals surface area contributed by atoms with E-state index in [9.17, 15) is 14.7 Å². The van der Waals surface area contributed by atoms with Gasteiger partial charge in [0, 0.05) is 12.8 Å². The van der Waals surface area contributed by atoms with Crippen molar-refractivity contribution in [3.05, 3.63) is 25.3 Å². The topological polar surface area (TPSA) is 72.8 Å². The molecule has 0 amide bonds. The number of hydrogen-bond donors (Lipinski definition) is 1. The standard InChI is InChI=1S/C15H26O3.C13H26O2Si/c1-3-5-7-8-10-13-14(18-15(13)17)11-12(16)9-6-4-2;1-7-8-9-12(10-11-14)15-16(5,6)13(2,3)4/h4,12-14,16H,2-3,5-11H2,1H3;7,11-12H,1,8-10H2,2-6H3/t12-,13+,14+;12-/m10/s1. The first-order valence-corrected chi connectivity index (χ1v) is 16.1. The Morgan fingerprint density at radius 1 is 1.12 bits per heavy atom. The molecular formula is C28H52O5Si. The number of rotatable bonds is 17. The van der Waals surface area contributed by atoms with Crippen LogP contribution in [0.4, 0.5) is 0 Å². The summed E-state index contributed by atoms with van der Waals surface area (Å²) in [5.41, 5.74) is 0. The van der Waals surface area contributed by atoms with E-state index in [1.165, 1.54) is 19.3 Å². The van der Waals surface area contributed by atoms with Gasteiger partial charge in [-0.2, -0.15) is 0 Å². The summed E-state index contributed by atoms with van der Waals surface area (Å²) in [6, 6.07) is 0. The zero-order chi connectivity index (χ0) is 26.2. The van der Waals surface area contributed by atoms with Crippen LogP contribution in [0.25, 0.3) is 0 Å². The molecule has 0 aromatic heterocycles. The van der Waals surface area contributed by atoms with Gasteiger partial charge in [-0.3, -0.25) is 4.79 Å². The SMILES string of the molecule is C=CCC[C@@H](CC=O)O[Si](C)(C)C(C)(C)C.C=CCC[C@@H](O)C[C@@H]1OC(=O)[C@H]1CCCCCC. The molecule has 1 heterocycles. The zero-order valence-corrected chi connectivity index (χ0v) is 23.8. The normalized spacial score (nSPS) is 19.7. The highest BCUT2D eigenvalue weighted by Gasteiger charge is 2.42. The summed E-state index contributed by atoms with van der Waals surface area (Å²) < 4.78 is 11.3. The third-order valence-electron chi connectivity index (χ3n) is 6.92. The first-order chi connectivity index (χ1) is 15.9. The molecule has 0 spiro atoms. The number of aliphatic hydroxyl groups is 1. The molecule has 1 aliphatic rings. The minimum absolute atomic E-state index is 0.0280. The molecule has 0 aromatic carbocycles. The van der Waals surface area contributed by atoms with Gasteiger partial charge < -0.3 is 19.1 Å². The summed E-state index contributed by atoms with van der Waals surface area (Å²) in [5.74, 6) is -0.0485. The van der Waals surface area contributed by atoms with Gasteiger partial charge in [-0.15, -0.1) is 13.2 Å². The van der Waals surface area contributed by atoms with Gasteiger partial charge in [-0.25, -0.2) is 0 Å². The van der Waals surface area contributed by atoms with E-state index in [0.29, 0.717) is 19.3 Å². The molecule has 4 atom stereocenters. The number of carbonyl (C=O) groups is 2. The lowest BCUT2D eigenvalue weighted by Gasteiger charge is -2.39. The molecular weight excluding hydrogens is 444 g/mol. The summed E-state index contributed by atoms with van der Waals surface area (Å²) in [5, 5.41) is 9.99. The fourth-order valence-corrected chi connectivity index (χ4v) is 5.03. The largest absolute Gasteiger partial charge is 0.461 e. The molecule has 0 unspecified atom stereocenters. The van der Waals surface area contributed by atoms with E-state index in [1.54, 1.807) is 6.08 Å². The third-order valence-corrected chi connectivity index (χ3v) is 11.5. The highest BCUT2D eigenvalue weighted by molar-refractivity contribution is 6.74. The summed E-state index contributed by atoms with van der Waals surface area (Å²) >= 11 is 0. The fourth-order valence-electron chi connectivity index (χ4n) is 3.63. The van der Waals surface area contributed by atoms with Gasteiger partial charge in [0.2, 0.25) is 0 Å². The van der Waals surface area contributed by atoms with Crippen molar-refractivity contribution in [3.8, 4) is 0 Å². The van der Waals surface area contributed by atoms with Gasteiger partial charge in [0.1, 0.15) is 12.4 Å². The molecule has 6 heteroatoms. The van der Waals surface area contributed by atoms with Crippen LogP contribution >= 0.6 is 0 Å². The first kappa shape index (κ1) is 32.8. The Balaban J connectivity index is 0.000000646. The number of aliphatic hydroxyl groups excluding tert-OH is 1. The summed E-state index contributed by atoms with van der Waals surface area (Å²) in [4.78, 5) is 22.0. The molecule has 34 heavy (non-hydrogen) atoms. The second-order valence-electron chi connectivity index (χ2n) is 11.0. The second kappa shape index (κ2) is 17.2. The van der Waals surface area contributed by atoms with Crippen LogP contribution < -0.4 is 0 Å². The quantitative estimate of drug-likeness (QED) is 0.0761. The van der Waals surface area contributed by atoms with Crippen LogP contribution in [-0.2, 0) is 18.8 Å². The average Bonchev–Trinajstić information content (AvgIpc) is 2.75. The molecule has 1 rings (SSSR count). The van der Waals surface area contributed by atoms with Crippen LogP contribution in [0.5, 0.6) is 0 Å². The summed E-state index contributed by atoms with van der Waals surface area (Å²) in [7, 11) is -1.75. The van der Waals surface area contributed by atoms with Crippen molar-refractivity contribution in [2.24, 2.45) is 5.92 Å². The Bertz CT molecular complexity index is 596. The highest BCUT2D eigenvalue weighted by atomic mass is 28.4. The number of ether oxygens (including phenoxy) is 1. The maximum atomic E-state index is 11.4. The lowest BCUT2D eigenvalue weighted by Crippen LogP contribution is -2.46. The van der Waals surface area contributed by atoms with Gasteiger partial charge in [-0.1, -0.05) is 65.5 Å². The first-order valence-electron chi connectivity index (χ1n) is 13.1. The lowest BCUT2D eigenvalue weighted by atomic mass is 9.87. The minimum atomic E-state index is -1.75. The predicted molar refractivity (Wildman–Crippen MR) is 144 cm³/mol. The number of unbranched alkanes of at least 4 members (excludes halogenated alkanes) is 3. The fraction of sp³-hybridized carbons (Fsp3) is 0.786. The minimum Gasteiger partial charge on any atom is -0.461 e. The molecule has 0 bridgehead atoms. The Kier molecular flexibility index (Phi) is 16.6. The lowest BCUT2D eigenvalue weighted by molar-refractivity contribution is -0.188. The van der Waals surface area contributed by atoms with Crippen LogP contribution in [0.2, 0.25) is 18.1 Å². The second-order valence-corrected chi connectivity index (χ2v) is 15.7. The Labute approximate surface area is 210 Å². The smallest absolute Gasteiger partial charge is 0.313 e. The van der Waals surface area contributed by atoms with E-state index in [2.05, 4.69) is 53.9 Å². The molecule has 1 N–H and O–H groups in total. The molecule has 5 nitrogen and oxygen atoms in total.